The number of aryl methyl sites for hydroxylation is 1. The summed E-state index contributed by atoms with van der Waals surface area (Å²) in [5, 5.41) is 0. The van der Waals surface area contributed by atoms with E-state index in [1.807, 2.05) is 0 Å². The highest BCUT2D eigenvalue weighted by Crippen LogP contribution is 2.37. The standard InChI is InChI=1S/C17H16/c1-11(2)13-5-7-17-15(9-13)10-14-8-12(3)4-6-16(14)17/h4-9H,1,10H2,2-3H3. The minimum absolute atomic E-state index is 1.06. The SMILES string of the molecule is C=C(C)c1ccc2c(c1)Cc1cc(C)ccc1-2. The molecule has 0 unspecified atom stereocenters. The van der Waals surface area contributed by atoms with E-state index in [-0.39, 0.29) is 0 Å². The number of fused-ring (bicyclic) bond motifs is 3. The lowest BCUT2D eigenvalue weighted by Crippen LogP contribution is -1.84. The Labute approximate surface area is 103 Å². The van der Waals surface area contributed by atoms with Crippen LogP contribution in [-0.2, 0) is 6.42 Å². The molecule has 1 aliphatic rings. The van der Waals surface area contributed by atoms with Crippen molar-refractivity contribution in [3.63, 3.8) is 0 Å². The van der Waals surface area contributed by atoms with E-state index in [0.29, 0.717) is 0 Å². The molecule has 1 aliphatic carbocycles. The topological polar surface area (TPSA) is 0 Å². The number of rotatable bonds is 1. The average molecular weight is 220 g/mol. The van der Waals surface area contributed by atoms with Gasteiger partial charge in [0.25, 0.3) is 0 Å². The molecule has 0 aromatic heterocycles. The van der Waals surface area contributed by atoms with E-state index in [1.165, 1.54) is 33.4 Å². The summed E-state index contributed by atoms with van der Waals surface area (Å²) in [5.41, 5.74) is 9.43. The van der Waals surface area contributed by atoms with Crippen molar-refractivity contribution >= 4 is 5.57 Å². The van der Waals surface area contributed by atoms with E-state index >= 15 is 0 Å². The van der Waals surface area contributed by atoms with Crippen molar-refractivity contribution in [1.29, 1.82) is 0 Å². The Morgan fingerprint density at radius 1 is 1.00 bits per heavy atom. The molecule has 2 aromatic carbocycles. The molecule has 0 heteroatoms. The number of allylic oxidation sites excluding steroid dienone is 1. The molecule has 0 saturated carbocycles. The molecule has 0 spiro atoms. The van der Waals surface area contributed by atoms with Crippen molar-refractivity contribution in [1.82, 2.24) is 0 Å². The molecule has 0 aliphatic heterocycles. The maximum Gasteiger partial charge on any atom is -0.00131 e. The van der Waals surface area contributed by atoms with Crippen molar-refractivity contribution in [2.24, 2.45) is 0 Å². The molecule has 84 valence electrons. The second-order valence-electron chi connectivity index (χ2n) is 4.99. The molecular formula is C17H16. The molecule has 2 aromatic rings. The summed E-state index contributed by atoms with van der Waals surface area (Å²) in [4.78, 5) is 0. The molecule has 0 heterocycles. The van der Waals surface area contributed by atoms with Gasteiger partial charge in [-0.2, -0.15) is 0 Å². The number of hydrogen-bond donors (Lipinski definition) is 0. The van der Waals surface area contributed by atoms with E-state index in [9.17, 15) is 0 Å². The zero-order chi connectivity index (χ0) is 12.0. The third-order valence-electron chi connectivity index (χ3n) is 3.53. The predicted octanol–water partition coefficient (Wildman–Crippen LogP) is 4.60. The third kappa shape index (κ3) is 1.61. The molecular weight excluding hydrogens is 204 g/mol. The molecule has 0 bridgehead atoms. The normalized spacial score (nSPS) is 12.1. The summed E-state index contributed by atoms with van der Waals surface area (Å²) in [6, 6.07) is 13.4. The van der Waals surface area contributed by atoms with Crippen LogP contribution in [0.3, 0.4) is 0 Å². The van der Waals surface area contributed by atoms with E-state index < -0.39 is 0 Å². The van der Waals surface area contributed by atoms with E-state index in [4.69, 9.17) is 0 Å². The van der Waals surface area contributed by atoms with Crippen LogP contribution in [0.4, 0.5) is 0 Å². The number of hydrogen-bond acceptors (Lipinski definition) is 0. The van der Waals surface area contributed by atoms with Gasteiger partial charge >= 0.3 is 0 Å². The molecule has 0 amide bonds. The lowest BCUT2D eigenvalue weighted by molar-refractivity contribution is 1.24. The highest BCUT2D eigenvalue weighted by atomic mass is 14.2. The summed E-state index contributed by atoms with van der Waals surface area (Å²) in [5.74, 6) is 0. The minimum Gasteiger partial charge on any atom is -0.0955 e. The highest BCUT2D eigenvalue weighted by Gasteiger charge is 2.18. The maximum atomic E-state index is 4.01. The van der Waals surface area contributed by atoms with Crippen LogP contribution in [-0.4, -0.2) is 0 Å². The van der Waals surface area contributed by atoms with Crippen molar-refractivity contribution in [2.45, 2.75) is 20.3 Å². The highest BCUT2D eigenvalue weighted by molar-refractivity contribution is 5.79. The smallest absolute Gasteiger partial charge is 0.00131 e. The van der Waals surface area contributed by atoms with Crippen LogP contribution in [0.2, 0.25) is 0 Å². The molecule has 0 atom stereocenters. The summed E-state index contributed by atoms with van der Waals surface area (Å²) in [6.45, 7) is 8.23. The van der Waals surface area contributed by atoms with Crippen LogP contribution in [0.25, 0.3) is 16.7 Å². The van der Waals surface area contributed by atoms with E-state index in [0.717, 1.165) is 12.0 Å². The van der Waals surface area contributed by atoms with Crippen LogP contribution >= 0.6 is 0 Å². The fourth-order valence-electron chi connectivity index (χ4n) is 2.60. The summed E-state index contributed by atoms with van der Waals surface area (Å²) in [7, 11) is 0. The quantitative estimate of drug-likeness (QED) is 0.562. The lowest BCUT2D eigenvalue weighted by Gasteiger charge is -2.04. The Hall–Kier alpha value is -1.82. The summed E-state index contributed by atoms with van der Waals surface area (Å²) in [6.07, 6.45) is 1.06. The molecule has 0 fully saturated rings. The molecule has 0 N–H and O–H groups in total. The van der Waals surface area contributed by atoms with Gasteiger partial charge in [-0.25, -0.2) is 0 Å². The molecule has 0 radical (unpaired) electrons. The Balaban J connectivity index is 2.15. The van der Waals surface area contributed by atoms with Crippen molar-refractivity contribution < 1.29 is 0 Å². The molecule has 0 saturated heterocycles. The van der Waals surface area contributed by atoms with E-state index in [1.54, 1.807) is 0 Å². The van der Waals surface area contributed by atoms with Crippen molar-refractivity contribution in [3.05, 3.63) is 65.2 Å². The van der Waals surface area contributed by atoms with Crippen molar-refractivity contribution in [3.8, 4) is 11.1 Å². The van der Waals surface area contributed by atoms with Gasteiger partial charge in [0.05, 0.1) is 0 Å². The first kappa shape index (κ1) is 10.3. The Kier molecular flexibility index (Phi) is 2.19. The largest absolute Gasteiger partial charge is 0.0955 e. The molecule has 0 nitrogen and oxygen atoms in total. The molecule has 17 heavy (non-hydrogen) atoms. The average Bonchev–Trinajstić information content (AvgIpc) is 2.64. The van der Waals surface area contributed by atoms with Crippen LogP contribution in [0.1, 0.15) is 29.2 Å². The second-order valence-corrected chi connectivity index (χ2v) is 4.99. The van der Waals surface area contributed by atoms with E-state index in [2.05, 4.69) is 56.8 Å². The minimum atomic E-state index is 1.06. The first-order chi connectivity index (χ1) is 8.15. The van der Waals surface area contributed by atoms with Gasteiger partial charge in [0, 0.05) is 0 Å². The van der Waals surface area contributed by atoms with Gasteiger partial charge in [-0.15, -0.1) is 0 Å². The Morgan fingerprint density at radius 3 is 2.35 bits per heavy atom. The van der Waals surface area contributed by atoms with Crippen LogP contribution < -0.4 is 0 Å². The van der Waals surface area contributed by atoms with Crippen LogP contribution in [0, 0.1) is 6.92 Å². The van der Waals surface area contributed by atoms with Crippen molar-refractivity contribution in [2.75, 3.05) is 0 Å². The lowest BCUT2D eigenvalue weighted by atomic mass is 10.0. The van der Waals surface area contributed by atoms with Gasteiger partial charge in [0.15, 0.2) is 0 Å². The summed E-state index contributed by atoms with van der Waals surface area (Å²) >= 11 is 0. The van der Waals surface area contributed by atoms with Gasteiger partial charge < -0.3 is 0 Å². The first-order valence-corrected chi connectivity index (χ1v) is 6.04. The number of benzene rings is 2. The summed E-state index contributed by atoms with van der Waals surface area (Å²) < 4.78 is 0. The Morgan fingerprint density at radius 2 is 1.65 bits per heavy atom. The zero-order valence-corrected chi connectivity index (χ0v) is 10.4. The van der Waals surface area contributed by atoms with Crippen LogP contribution in [0.5, 0.6) is 0 Å². The zero-order valence-electron chi connectivity index (χ0n) is 10.4. The first-order valence-electron chi connectivity index (χ1n) is 6.04. The maximum absolute atomic E-state index is 4.01. The van der Waals surface area contributed by atoms with Crippen LogP contribution in [0.15, 0.2) is 43.0 Å². The van der Waals surface area contributed by atoms with Gasteiger partial charge in [0.1, 0.15) is 0 Å². The van der Waals surface area contributed by atoms with Gasteiger partial charge in [-0.1, -0.05) is 54.1 Å². The third-order valence-corrected chi connectivity index (χ3v) is 3.53. The monoisotopic (exact) mass is 220 g/mol. The predicted molar refractivity (Wildman–Crippen MR) is 74.1 cm³/mol. The van der Waals surface area contributed by atoms with Gasteiger partial charge in [-0.05, 0) is 48.1 Å². The fourth-order valence-corrected chi connectivity index (χ4v) is 2.60. The Bertz CT molecular complexity index is 618. The fraction of sp³-hybridized carbons (Fsp3) is 0.176. The molecule has 3 rings (SSSR count). The van der Waals surface area contributed by atoms with Gasteiger partial charge in [-0.3, -0.25) is 0 Å². The second kappa shape index (κ2) is 3.59. The van der Waals surface area contributed by atoms with Gasteiger partial charge in [0.2, 0.25) is 0 Å².